The number of carbonyl (C=O) groups is 2. The van der Waals surface area contributed by atoms with Gasteiger partial charge in [0.2, 0.25) is 5.13 Å². The van der Waals surface area contributed by atoms with Gasteiger partial charge in [-0.15, -0.1) is 10.2 Å². The third kappa shape index (κ3) is 4.66. The lowest BCUT2D eigenvalue weighted by Crippen LogP contribution is -2.53. The number of rotatable bonds is 5. The highest BCUT2D eigenvalue weighted by Gasteiger charge is 2.31. The third-order valence-electron chi connectivity index (χ3n) is 4.51. The Balaban J connectivity index is 1.45. The summed E-state index contributed by atoms with van der Waals surface area (Å²) in [6.45, 7) is 4.93. The van der Waals surface area contributed by atoms with Crippen LogP contribution in [0.2, 0.25) is 0 Å². The molecular weight excluding hydrogens is 342 g/mol. The van der Waals surface area contributed by atoms with E-state index in [0.717, 1.165) is 37.1 Å². The SMILES string of the molecule is CCCCc1nnc(NC(=O)N2CCN(C(=O)C3CCCO3)CC2)s1. The summed E-state index contributed by atoms with van der Waals surface area (Å²) in [5.41, 5.74) is 0. The predicted octanol–water partition coefficient (Wildman–Crippen LogP) is 1.74. The molecule has 3 amide bonds. The van der Waals surface area contributed by atoms with E-state index in [0.29, 0.717) is 37.9 Å². The second-order valence-corrected chi connectivity index (χ2v) is 7.41. The first-order valence-corrected chi connectivity index (χ1v) is 9.77. The van der Waals surface area contributed by atoms with Gasteiger partial charge in [0.1, 0.15) is 11.1 Å². The van der Waals surface area contributed by atoms with Crippen LogP contribution in [0.3, 0.4) is 0 Å². The fourth-order valence-corrected chi connectivity index (χ4v) is 3.78. The molecule has 2 saturated heterocycles. The number of aryl methyl sites for hydroxylation is 1. The lowest BCUT2D eigenvalue weighted by Gasteiger charge is -2.35. The van der Waals surface area contributed by atoms with E-state index >= 15 is 0 Å². The molecule has 138 valence electrons. The normalized spacial score (nSPS) is 20.8. The quantitative estimate of drug-likeness (QED) is 0.856. The molecule has 3 rings (SSSR count). The van der Waals surface area contributed by atoms with E-state index in [-0.39, 0.29) is 18.0 Å². The molecule has 9 heteroatoms. The molecule has 1 aromatic heterocycles. The summed E-state index contributed by atoms with van der Waals surface area (Å²) >= 11 is 1.43. The highest BCUT2D eigenvalue weighted by molar-refractivity contribution is 7.15. The highest BCUT2D eigenvalue weighted by Crippen LogP contribution is 2.19. The Bertz CT molecular complexity index is 594. The summed E-state index contributed by atoms with van der Waals surface area (Å²) in [5.74, 6) is 0.0576. The first kappa shape index (κ1) is 18.1. The number of nitrogens with zero attached hydrogens (tertiary/aromatic N) is 4. The zero-order valence-electron chi connectivity index (χ0n) is 14.6. The molecule has 2 aliphatic rings. The standard InChI is InChI=1S/C16H25N5O3S/c1-2-3-6-13-18-19-15(25-13)17-16(23)21-9-7-20(8-10-21)14(22)12-5-4-11-24-12/h12H,2-11H2,1H3,(H,17,19,23). The van der Waals surface area contributed by atoms with E-state index in [4.69, 9.17) is 4.74 Å². The summed E-state index contributed by atoms with van der Waals surface area (Å²) in [7, 11) is 0. The van der Waals surface area contributed by atoms with Crippen molar-refractivity contribution in [1.82, 2.24) is 20.0 Å². The topological polar surface area (TPSA) is 87.7 Å². The first-order valence-electron chi connectivity index (χ1n) is 8.96. The van der Waals surface area contributed by atoms with Crippen LogP contribution in [0, 0.1) is 0 Å². The fourth-order valence-electron chi connectivity index (χ4n) is 3.01. The zero-order valence-corrected chi connectivity index (χ0v) is 15.4. The molecule has 1 N–H and O–H groups in total. The first-order chi connectivity index (χ1) is 12.2. The van der Waals surface area contributed by atoms with Crippen LogP contribution < -0.4 is 5.32 Å². The summed E-state index contributed by atoms with van der Waals surface area (Å²) in [6, 6.07) is -0.178. The van der Waals surface area contributed by atoms with E-state index in [1.807, 2.05) is 0 Å². The maximum absolute atomic E-state index is 12.3. The minimum Gasteiger partial charge on any atom is -0.368 e. The van der Waals surface area contributed by atoms with Gasteiger partial charge in [-0.25, -0.2) is 4.79 Å². The molecule has 1 unspecified atom stereocenters. The van der Waals surface area contributed by atoms with Crippen molar-refractivity contribution in [1.29, 1.82) is 0 Å². The second kappa shape index (κ2) is 8.57. The van der Waals surface area contributed by atoms with Gasteiger partial charge in [-0.05, 0) is 19.3 Å². The minimum atomic E-state index is -0.289. The van der Waals surface area contributed by atoms with Crippen LogP contribution in [0.15, 0.2) is 0 Å². The van der Waals surface area contributed by atoms with Crippen LogP contribution in [-0.2, 0) is 16.0 Å². The Morgan fingerprint density at radius 1 is 1.24 bits per heavy atom. The Kier molecular flexibility index (Phi) is 6.19. The zero-order chi connectivity index (χ0) is 17.6. The molecule has 1 atom stereocenters. The fraction of sp³-hybridized carbons (Fsp3) is 0.750. The second-order valence-electron chi connectivity index (χ2n) is 6.35. The maximum Gasteiger partial charge on any atom is 0.323 e. The van der Waals surface area contributed by atoms with Gasteiger partial charge in [0.05, 0.1) is 0 Å². The number of aromatic nitrogens is 2. The predicted molar refractivity (Wildman–Crippen MR) is 94.7 cm³/mol. The number of piperazine rings is 1. The molecular formula is C16H25N5O3S. The number of hydrogen-bond acceptors (Lipinski definition) is 6. The maximum atomic E-state index is 12.3. The van der Waals surface area contributed by atoms with Crippen molar-refractivity contribution in [3.05, 3.63) is 5.01 Å². The number of nitrogens with one attached hydrogen (secondary N) is 1. The van der Waals surface area contributed by atoms with Gasteiger partial charge in [0, 0.05) is 39.2 Å². The van der Waals surface area contributed by atoms with Gasteiger partial charge in [-0.1, -0.05) is 24.7 Å². The van der Waals surface area contributed by atoms with Crippen LogP contribution in [0.4, 0.5) is 9.93 Å². The van der Waals surface area contributed by atoms with E-state index in [9.17, 15) is 9.59 Å². The summed E-state index contributed by atoms with van der Waals surface area (Å²) in [5, 5.41) is 12.4. The number of anilines is 1. The molecule has 3 heterocycles. The van der Waals surface area contributed by atoms with Crippen molar-refractivity contribution >= 4 is 28.4 Å². The van der Waals surface area contributed by atoms with Crippen molar-refractivity contribution in [2.45, 2.75) is 45.1 Å². The lowest BCUT2D eigenvalue weighted by atomic mass is 10.2. The molecule has 0 spiro atoms. The molecule has 8 nitrogen and oxygen atoms in total. The van der Waals surface area contributed by atoms with Gasteiger partial charge in [0.15, 0.2) is 0 Å². The molecule has 0 saturated carbocycles. The molecule has 25 heavy (non-hydrogen) atoms. The van der Waals surface area contributed by atoms with Crippen molar-refractivity contribution in [3.8, 4) is 0 Å². The molecule has 0 bridgehead atoms. The largest absolute Gasteiger partial charge is 0.368 e. The van der Waals surface area contributed by atoms with Crippen molar-refractivity contribution in [2.75, 3.05) is 38.1 Å². The Labute approximate surface area is 151 Å². The number of unbranched alkanes of at least 4 members (excludes halogenated alkanes) is 1. The third-order valence-corrected chi connectivity index (χ3v) is 5.41. The molecule has 0 aliphatic carbocycles. The van der Waals surface area contributed by atoms with Crippen LogP contribution >= 0.6 is 11.3 Å². The Morgan fingerprint density at radius 3 is 2.68 bits per heavy atom. The highest BCUT2D eigenvalue weighted by atomic mass is 32.1. The minimum absolute atomic E-state index is 0.0576. The molecule has 2 fully saturated rings. The van der Waals surface area contributed by atoms with Crippen LogP contribution in [0.1, 0.15) is 37.6 Å². The Hall–Kier alpha value is -1.74. The van der Waals surface area contributed by atoms with Gasteiger partial charge in [-0.3, -0.25) is 10.1 Å². The average molecular weight is 367 g/mol. The van der Waals surface area contributed by atoms with Gasteiger partial charge in [0.25, 0.3) is 5.91 Å². The molecule has 0 aromatic carbocycles. The lowest BCUT2D eigenvalue weighted by molar-refractivity contribution is -0.142. The van der Waals surface area contributed by atoms with Crippen LogP contribution in [-0.4, -0.2) is 70.8 Å². The molecule has 0 radical (unpaired) electrons. The number of hydrogen-bond donors (Lipinski definition) is 1. The monoisotopic (exact) mass is 367 g/mol. The van der Waals surface area contributed by atoms with Gasteiger partial charge in [-0.2, -0.15) is 0 Å². The number of urea groups is 1. The van der Waals surface area contributed by atoms with Crippen molar-refractivity contribution < 1.29 is 14.3 Å². The van der Waals surface area contributed by atoms with E-state index in [1.165, 1.54) is 11.3 Å². The van der Waals surface area contributed by atoms with Gasteiger partial charge < -0.3 is 14.5 Å². The van der Waals surface area contributed by atoms with Gasteiger partial charge >= 0.3 is 6.03 Å². The number of amides is 3. The summed E-state index contributed by atoms with van der Waals surface area (Å²) in [4.78, 5) is 28.2. The number of carbonyl (C=O) groups excluding carboxylic acids is 2. The number of ether oxygens (including phenoxy) is 1. The summed E-state index contributed by atoms with van der Waals surface area (Å²) < 4.78 is 5.45. The summed E-state index contributed by atoms with van der Waals surface area (Å²) in [6.07, 6.45) is 4.54. The van der Waals surface area contributed by atoms with E-state index in [2.05, 4.69) is 22.4 Å². The molecule has 1 aromatic rings. The average Bonchev–Trinajstić information content (AvgIpc) is 3.31. The van der Waals surface area contributed by atoms with Crippen molar-refractivity contribution in [3.63, 3.8) is 0 Å². The van der Waals surface area contributed by atoms with Crippen LogP contribution in [0.25, 0.3) is 0 Å². The van der Waals surface area contributed by atoms with Crippen molar-refractivity contribution in [2.24, 2.45) is 0 Å². The van der Waals surface area contributed by atoms with E-state index in [1.54, 1.807) is 9.80 Å². The smallest absolute Gasteiger partial charge is 0.323 e. The Morgan fingerprint density at radius 2 is 2.00 bits per heavy atom. The van der Waals surface area contributed by atoms with Crippen LogP contribution in [0.5, 0.6) is 0 Å². The molecule has 2 aliphatic heterocycles. The van der Waals surface area contributed by atoms with E-state index < -0.39 is 0 Å².